The average Bonchev–Trinajstić information content (AvgIpc) is 2.77. The van der Waals surface area contributed by atoms with Crippen LogP contribution >= 0.6 is 0 Å². The Morgan fingerprint density at radius 3 is 2.27 bits per heavy atom. The van der Waals surface area contributed by atoms with E-state index in [9.17, 15) is 10.1 Å². The molecule has 0 spiro atoms. The predicted octanol–water partition coefficient (Wildman–Crippen LogP) is 2.54. The Balaban J connectivity index is 1.96. The summed E-state index contributed by atoms with van der Waals surface area (Å²) in [5.41, 5.74) is 2.05. The van der Waals surface area contributed by atoms with Gasteiger partial charge in [0.05, 0.1) is 32.3 Å². The van der Waals surface area contributed by atoms with E-state index in [4.69, 9.17) is 14.2 Å². The van der Waals surface area contributed by atoms with Gasteiger partial charge in [0.1, 0.15) is 0 Å². The average molecular weight is 416 g/mol. The van der Waals surface area contributed by atoms with Crippen molar-refractivity contribution in [2.45, 2.75) is 13.0 Å². The van der Waals surface area contributed by atoms with Crippen LogP contribution in [0, 0.1) is 10.1 Å². The third kappa shape index (κ3) is 7.25. The zero-order valence-corrected chi connectivity index (χ0v) is 17.5. The number of hydrogen-bond acceptors (Lipinski definition) is 6. The van der Waals surface area contributed by atoms with Gasteiger partial charge in [0.25, 0.3) is 5.69 Å². The molecule has 0 atom stereocenters. The van der Waals surface area contributed by atoms with Crippen molar-refractivity contribution in [1.82, 2.24) is 10.6 Å². The number of guanidine groups is 1. The number of methoxy groups -OCH3 is 3. The monoisotopic (exact) mass is 416 g/mol. The van der Waals surface area contributed by atoms with Gasteiger partial charge < -0.3 is 24.8 Å². The molecule has 0 aliphatic heterocycles. The van der Waals surface area contributed by atoms with Crippen LogP contribution in [0.4, 0.5) is 5.69 Å². The number of nitro groups is 1. The summed E-state index contributed by atoms with van der Waals surface area (Å²) in [5, 5.41) is 17.3. The van der Waals surface area contributed by atoms with Gasteiger partial charge in [0.2, 0.25) is 0 Å². The van der Waals surface area contributed by atoms with E-state index in [1.807, 2.05) is 18.2 Å². The predicted molar refractivity (Wildman–Crippen MR) is 115 cm³/mol. The first-order valence-corrected chi connectivity index (χ1v) is 9.52. The van der Waals surface area contributed by atoms with Crippen LogP contribution in [0.5, 0.6) is 11.5 Å². The zero-order valence-electron chi connectivity index (χ0n) is 17.5. The smallest absolute Gasteiger partial charge is 0.269 e. The van der Waals surface area contributed by atoms with E-state index in [-0.39, 0.29) is 5.69 Å². The molecule has 0 heterocycles. The molecule has 2 aromatic rings. The van der Waals surface area contributed by atoms with Crippen LogP contribution in [-0.2, 0) is 17.7 Å². The minimum Gasteiger partial charge on any atom is -0.493 e. The van der Waals surface area contributed by atoms with Crippen LogP contribution in [0.2, 0.25) is 0 Å². The summed E-state index contributed by atoms with van der Waals surface area (Å²) in [6.45, 7) is 2.22. The topological polar surface area (TPSA) is 107 Å². The van der Waals surface area contributed by atoms with Gasteiger partial charge in [-0.3, -0.25) is 10.1 Å². The molecule has 2 rings (SSSR count). The highest BCUT2D eigenvalue weighted by Crippen LogP contribution is 2.27. The SMILES string of the molecule is COCCNC(=NCc1ccc([N+](=O)[O-])cc1)NCCc1ccc(OC)c(OC)c1. The van der Waals surface area contributed by atoms with Crippen LogP contribution in [0.25, 0.3) is 0 Å². The Morgan fingerprint density at radius 2 is 1.63 bits per heavy atom. The van der Waals surface area contributed by atoms with Crippen LogP contribution < -0.4 is 20.1 Å². The number of aliphatic imine (C=N–C) groups is 1. The minimum absolute atomic E-state index is 0.0641. The van der Waals surface area contributed by atoms with E-state index in [1.165, 1.54) is 12.1 Å². The second kappa shape index (κ2) is 12.3. The van der Waals surface area contributed by atoms with E-state index in [0.717, 1.165) is 17.5 Å². The fourth-order valence-corrected chi connectivity index (χ4v) is 2.70. The van der Waals surface area contributed by atoms with Gasteiger partial charge in [0.15, 0.2) is 17.5 Å². The van der Waals surface area contributed by atoms with E-state index < -0.39 is 4.92 Å². The molecule has 0 saturated carbocycles. The Hall–Kier alpha value is -3.33. The molecule has 2 N–H and O–H groups in total. The van der Waals surface area contributed by atoms with E-state index in [1.54, 1.807) is 33.5 Å². The molecular formula is C21H28N4O5. The molecule has 0 unspecified atom stereocenters. The Bertz CT molecular complexity index is 840. The lowest BCUT2D eigenvalue weighted by atomic mass is 10.1. The van der Waals surface area contributed by atoms with Gasteiger partial charge >= 0.3 is 0 Å². The molecule has 2 aromatic carbocycles. The van der Waals surface area contributed by atoms with Gasteiger partial charge in [-0.2, -0.15) is 0 Å². The molecular weight excluding hydrogens is 388 g/mol. The summed E-state index contributed by atoms with van der Waals surface area (Å²) in [4.78, 5) is 14.9. The lowest BCUT2D eigenvalue weighted by Gasteiger charge is -2.13. The van der Waals surface area contributed by atoms with Gasteiger partial charge in [0, 0.05) is 32.3 Å². The third-order valence-corrected chi connectivity index (χ3v) is 4.32. The molecule has 0 aromatic heterocycles. The molecule has 0 saturated heterocycles. The van der Waals surface area contributed by atoms with Crippen molar-refractivity contribution in [3.63, 3.8) is 0 Å². The third-order valence-electron chi connectivity index (χ3n) is 4.32. The van der Waals surface area contributed by atoms with Crippen molar-refractivity contribution in [3.8, 4) is 11.5 Å². The first kappa shape index (κ1) is 23.0. The lowest BCUT2D eigenvalue weighted by molar-refractivity contribution is -0.384. The number of nitrogens with zero attached hydrogens (tertiary/aromatic N) is 2. The molecule has 0 radical (unpaired) electrons. The molecule has 0 fully saturated rings. The quantitative estimate of drug-likeness (QED) is 0.191. The van der Waals surface area contributed by atoms with E-state index in [0.29, 0.717) is 43.7 Å². The van der Waals surface area contributed by atoms with Crippen LogP contribution in [0.3, 0.4) is 0 Å². The fourth-order valence-electron chi connectivity index (χ4n) is 2.70. The standard InChI is InChI=1S/C21H28N4O5/c1-28-13-12-23-21(24-15-17-4-7-18(8-5-17)25(26)27)22-11-10-16-6-9-19(29-2)20(14-16)30-3/h4-9,14H,10-13,15H2,1-3H3,(H2,22,23,24). The summed E-state index contributed by atoms with van der Waals surface area (Å²) in [7, 11) is 4.86. The van der Waals surface area contributed by atoms with Crippen molar-refractivity contribution in [2.24, 2.45) is 4.99 Å². The van der Waals surface area contributed by atoms with E-state index >= 15 is 0 Å². The summed E-state index contributed by atoms with van der Waals surface area (Å²) in [6.07, 6.45) is 0.767. The Labute approximate surface area is 176 Å². The highest BCUT2D eigenvalue weighted by atomic mass is 16.6. The molecule has 30 heavy (non-hydrogen) atoms. The fraction of sp³-hybridized carbons (Fsp3) is 0.381. The number of ether oxygens (including phenoxy) is 3. The molecule has 0 bridgehead atoms. The van der Waals surface area contributed by atoms with Gasteiger partial charge in [-0.15, -0.1) is 0 Å². The van der Waals surface area contributed by atoms with Gasteiger partial charge in [-0.1, -0.05) is 18.2 Å². The van der Waals surface area contributed by atoms with Crippen molar-refractivity contribution < 1.29 is 19.1 Å². The van der Waals surface area contributed by atoms with Crippen molar-refractivity contribution in [1.29, 1.82) is 0 Å². The largest absolute Gasteiger partial charge is 0.493 e. The number of nitro benzene ring substituents is 1. The van der Waals surface area contributed by atoms with Gasteiger partial charge in [-0.05, 0) is 29.7 Å². The molecule has 9 nitrogen and oxygen atoms in total. The molecule has 0 amide bonds. The molecule has 0 aliphatic carbocycles. The maximum absolute atomic E-state index is 10.8. The minimum atomic E-state index is -0.416. The first-order chi connectivity index (χ1) is 14.6. The van der Waals surface area contributed by atoms with Crippen molar-refractivity contribution in [3.05, 3.63) is 63.7 Å². The van der Waals surface area contributed by atoms with Crippen molar-refractivity contribution >= 4 is 11.6 Å². The normalized spacial score (nSPS) is 11.1. The number of benzene rings is 2. The highest BCUT2D eigenvalue weighted by molar-refractivity contribution is 5.79. The highest BCUT2D eigenvalue weighted by Gasteiger charge is 2.06. The van der Waals surface area contributed by atoms with E-state index in [2.05, 4.69) is 15.6 Å². The summed E-state index contributed by atoms with van der Waals surface area (Å²) in [5.74, 6) is 2.03. The van der Waals surface area contributed by atoms with Crippen LogP contribution in [-0.4, -0.2) is 51.9 Å². The Morgan fingerprint density at radius 1 is 0.967 bits per heavy atom. The maximum Gasteiger partial charge on any atom is 0.269 e. The van der Waals surface area contributed by atoms with Crippen LogP contribution in [0.15, 0.2) is 47.5 Å². The van der Waals surface area contributed by atoms with Crippen molar-refractivity contribution in [2.75, 3.05) is 41.0 Å². The molecule has 162 valence electrons. The zero-order chi connectivity index (χ0) is 21.8. The summed E-state index contributed by atoms with van der Waals surface area (Å²) in [6, 6.07) is 12.2. The van der Waals surface area contributed by atoms with Crippen LogP contribution in [0.1, 0.15) is 11.1 Å². The number of nitrogens with one attached hydrogen (secondary N) is 2. The number of hydrogen-bond donors (Lipinski definition) is 2. The number of rotatable bonds is 11. The second-order valence-electron chi connectivity index (χ2n) is 6.37. The molecule has 0 aliphatic rings. The second-order valence-corrected chi connectivity index (χ2v) is 6.37. The number of non-ortho nitro benzene ring substituents is 1. The summed E-state index contributed by atoms with van der Waals surface area (Å²) < 4.78 is 15.7. The lowest BCUT2D eigenvalue weighted by Crippen LogP contribution is -2.40. The maximum atomic E-state index is 10.8. The Kier molecular flexibility index (Phi) is 9.39. The summed E-state index contributed by atoms with van der Waals surface area (Å²) >= 11 is 0. The molecule has 9 heteroatoms. The van der Waals surface area contributed by atoms with Gasteiger partial charge in [-0.25, -0.2) is 4.99 Å². The first-order valence-electron chi connectivity index (χ1n) is 9.52.